The molecule has 0 amide bonds. The average Bonchev–Trinajstić information content (AvgIpc) is 2.02. The van der Waals surface area contributed by atoms with Gasteiger partial charge in [0.15, 0.2) is 0 Å². The van der Waals surface area contributed by atoms with E-state index in [1.165, 1.54) is 0 Å². The van der Waals surface area contributed by atoms with Crippen LogP contribution in [0.4, 0.5) is 5.69 Å². The summed E-state index contributed by atoms with van der Waals surface area (Å²) in [6.45, 7) is 0. The maximum atomic E-state index is 10.7. The minimum atomic E-state index is -4.47. The van der Waals surface area contributed by atoms with Crippen LogP contribution in [-0.4, -0.2) is 14.7 Å². The number of benzene rings is 1. The van der Waals surface area contributed by atoms with Gasteiger partial charge >= 0.3 is 7.60 Å². The summed E-state index contributed by atoms with van der Waals surface area (Å²) in [6, 6.07) is 2.90. The zero-order valence-electron chi connectivity index (χ0n) is 6.62. The van der Waals surface area contributed by atoms with Crippen molar-refractivity contribution < 1.29 is 19.3 Å². The molecular weight excluding hydrogens is 232 g/mol. The third-order valence-corrected chi connectivity index (χ3v) is 2.73. The standard InChI is InChI=1S/C6H5ClNO5P/c7-5-2-1-4(14(11,12)13)3-6(5)8(9)10/h1-3H,(H2,11,12,13). The topological polar surface area (TPSA) is 101 Å². The Labute approximate surface area is 83.4 Å². The second-order valence-electron chi connectivity index (χ2n) is 2.44. The minimum Gasteiger partial charge on any atom is -0.321 e. The van der Waals surface area contributed by atoms with Gasteiger partial charge in [-0.1, -0.05) is 11.6 Å². The van der Waals surface area contributed by atoms with Crippen LogP contribution in [-0.2, 0) is 4.57 Å². The molecule has 1 rings (SSSR count). The highest BCUT2D eigenvalue weighted by Gasteiger charge is 2.22. The zero-order valence-corrected chi connectivity index (χ0v) is 8.27. The first kappa shape index (κ1) is 11.1. The second kappa shape index (κ2) is 3.67. The molecule has 1 aromatic carbocycles. The largest absolute Gasteiger partial charge is 0.356 e. The predicted molar refractivity (Wildman–Crippen MR) is 49.8 cm³/mol. The van der Waals surface area contributed by atoms with Gasteiger partial charge in [-0.15, -0.1) is 0 Å². The first-order valence-corrected chi connectivity index (χ1v) is 5.31. The van der Waals surface area contributed by atoms with Crippen LogP contribution in [0.25, 0.3) is 0 Å². The molecule has 0 aromatic heterocycles. The lowest BCUT2D eigenvalue weighted by molar-refractivity contribution is -0.384. The quantitative estimate of drug-likeness (QED) is 0.455. The fraction of sp³-hybridized carbons (Fsp3) is 0. The zero-order chi connectivity index (χ0) is 10.9. The van der Waals surface area contributed by atoms with E-state index in [0.717, 1.165) is 18.2 Å². The predicted octanol–water partition coefficient (Wildman–Crippen LogP) is 1.05. The van der Waals surface area contributed by atoms with Gasteiger partial charge in [0, 0.05) is 6.07 Å². The van der Waals surface area contributed by atoms with Crippen LogP contribution in [0.3, 0.4) is 0 Å². The van der Waals surface area contributed by atoms with E-state index in [4.69, 9.17) is 21.4 Å². The monoisotopic (exact) mass is 237 g/mol. The molecule has 0 spiro atoms. The van der Waals surface area contributed by atoms with Crippen molar-refractivity contribution in [2.24, 2.45) is 0 Å². The Hall–Kier alpha value is -0.940. The fourth-order valence-electron chi connectivity index (χ4n) is 0.822. The van der Waals surface area contributed by atoms with E-state index >= 15 is 0 Å². The first-order chi connectivity index (χ1) is 6.32. The highest BCUT2D eigenvalue weighted by molar-refractivity contribution is 7.60. The van der Waals surface area contributed by atoms with Crippen LogP contribution in [0, 0.1) is 10.1 Å². The third-order valence-electron chi connectivity index (χ3n) is 1.46. The van der Waals surface area contributed by atoms with E-state index in [1.54, 1.807) is 0 Å². The molecule has 0 heterocycles. The summed E-state index contributed by atoms with van der Waals surface area (Å²) in [5.74, 6) is 0. The lowest BCUT2D eigenvalue weighted by Gasteiger charge is -2.03. The summed E-state index contributed by atoms with van der Waals surface area (Å²) >= 11 is 5.45. The number of nitro benzene ring substituents is 1. The van der Waals surface area contributed by atoms with E-state index in [9.17, 15) is 14.7 Å². The van der Waals surface area contributed by atoms with Crippen LogP contribution in [0.1, 0.15) is 0 Å². The molecule has 0 radical (unpaired) electrons. The SMILES string of the molecule is O=[N+]([O-])c1cc(P(=O)(O)O)ccc1Cl. The van der Waals surface area contributed by atoms with Gasteiger partial charge in [-0.3, -0.25) is 14.7 Å². The molecule has 0 bridgehead atoms. The smallest absolute Gasteiger partial charge is 0.321 e. The summed E-state index contributed by atoms with van der Waals surface area (Å²) < 4.78 is 10.7. The Kier molecular flexibility index (Phi) is 2.92. The molecule has 0 aliphatic carbocycles. The first-order valence-electron chi connectivity index (χ1n) is 3.32. The summed E-state index contributed by atoms with van der Waals surface area (Å²) in [4.78, 5) is 27.0. The van der Waals surface area contributed by atoms with Gasteiger partial charge in [0.1, 0.15) is 5.02 Å². The number of hydrogen-bond donors (Lipinski definition) is 2. The summed E-state index contributed by atoms with van der Waals surface area (Å²) in [5, 5.41) is 9.79. The highest BCUT2D eigenvalue weighted by atomic mass is 35.5. The number of hydrogen-bond acceptors (Lipinski definition) is 3. The van der Waals surface area contributed by atoms with E-state index in [1.807, 2.05) is 0 Å². The van der Waals surface area contributed by atoms with Gasteiger partial charge in [0.25, 0.3) is 5.69 Å². The number of rotatable bonds is 2. The lowest BCUT2D eigenvalue weighted by Crippen LogP contribution is -2.05. The molecule has 6 nitrogen and oxygen atoms in total. The van der Waals surface area contributed by atoms with Crippen molar-refractivity contribution in [3.63, 3.8) is 0 Å². The molecule has 0 fully saturated rings. The number of nitro groups is 1. The molecule has 76 valence electrons. The molecule has 8 heteroatoms. The average molecular weight is 238 g/mol. The van der Waals surface area contributed by atoms with Gasteiger partial charge in [0.05, 0.1) is 10.2 Å². The van der Waals surface area contributed by atoms with Crippen molar-refractivity contribution in [1.82, 2.24) is 0 Å². The Morgan fingerprint density at radius 1 is 1.43 bits per heavy atom. The van der Waals surface area contributed by atoms with Crippen LogP contribution in [0.15, 0.2) is 18.2 Å². The molecule has 1 aromatic rings. The number of nitrogens with zero attached hydrogens (tertiary/aromatic N) is 1. The molecular formula is C6H5ClNO5P. The molecule has 0 aliphatic rings. The normalized spacial score (nSPS) is 11.4. The second-order valence-corrected chi connectivity index (χ2v) is 4.45. The Bertz CT molecular complexity index is 428. The van der Waals surface area contributed by atoms with Crippen molar-refractivity contribution in [3.8, 4) is 0 Å². The highest BCUT2D eigenvalue weighted by Crippen LogP contribution is 2.35. The van der Waals surface area contributed by atoms with Crippen LogP contribution in [0.2, 0.25) is 5.02 Å². The Morgan fingerprint density at radius 2 is 2.00 bits per heavy atom. The maximum absolute atomic E-state index is 10.7. The lowest BCUT2D eigenvalue weighted by atomic mass is 10.3. The van der Waals surface area contributed by atoms with E-state index in [2.05, 4.69) is 0 Å². The van der Waals surface area contributed by atoms with Crippen molar-refractivity contribution in [2.75, 3.05) is 0 Å². The van der Waals surface area contributed by atoms with Crippen molar-refractivity contribution in [1.29, 1.82) is 0 Å². The third kappa shape index (κ3) is 2.30. The Morgan fingerprint density at radius 3 is 2.43 bits per heavy atom. The van der Waals surface area contributed by atoms with Crippen LogP contribution in [0.5, 0.6) is 0 Å². The van der Waals surface area contributed by atoms with Crippen molar-refractivity contribution in [3.05, 3.63) is 33.3 Å². The summed E-state index contributed by atoms with van der Waals surface area (Å²) in [5.41, 5.74) is -0.521. The van der Waals surface area contributed by atoms with E-state index in [0.29, 0.717) is 0 Å². The van der Waals surface area contributed by atoms with Gasteiger partial charge in [-0.05, 0) is 12.1 Å². The summed E-state index contributed by atoms with van der Waals surface area (Å²) in [6.07, 6.45) is 0. The number of halogens is 1. The van der Waals surface area contributed by atoms with Crippen LogP contribution >= 0.6 is 19.2 Å². The molecule has 0 atom stereocenters. The van der Waals surface area contributed by atoms with E-state index in [-0.39, 0.29) is 5.02 Å². The van der Waals surface area contributed by atoms with Crippen molar-refractivity contribution in [2.45, 2.75) is 0 Å². The minimum absolute atomic E-state index is 0.160. The van der Waals surface area contributed by atoms with Gasteiger partial charge < -0.3 is 9.79 Å². The molecule has 0 aliphatic heterocycles. The summed E-state index contributed by atoms with van der Waals surface area (Å²) in [7, 11) is -4.47. The maximum Gasteiger partial charge on any atom is 0.356 e. The van der Waals surface area contributed by atoms with Gasteiger partial charge in [-0.2, -0.15) is 0 Å². The molecule has 0 saturated carbocycles. The van der Waals surface area contributed by atoms with Gasteiger partial charge in [0.2, 0.25) is 0 Å². The molecule has 2 N–H and O–H groups in total. The fourth-order valence-corrected chi connectivity index (χ4v) is 1.57. The molecule has 0 saturated heterocycles. The van der Waals surface area contributed by atoms with E-state index < -0.39 is 23.5 Å². The molecule has 0 unspecified atom stereocenters. The van der Waals surface area contributed by atoms with Crippen molar-refractivity contribution >= 4 is 30.2 Å². The molecule has 14 heavy (non-hydrogen) atoms. The Balaban J connectivity index is 3.34. The van der Waals surface area contributed by atoms with Gasteiger partial charge in [-0.25, -0.2) is 0 Å². The van der Waals surface area contributed by atoms with Crippen LogP contribution < -0.4 is 5.30 Å².